The van der Waals surface area contributed by atoms with Crippen LogP contribution in [-0.4, -0.2) is 133 Å². The molecule has 1 saturated carbocycles. The fourth-order valence-electron chi connectivity index (χ4n) is 13.4. The van der Waals surface area contributed by atoms with Gasteiger partial charge in [0.2, 0.25) is 12.0 Å². The molecule has 1 aromatic heterocycles. The minimum atomic E-state index is -2.53. The first-order valence-electron chi connectivity index (χ1n) is 21.3. The van der Waals surface area contributed by atoms with Gasteiger partial charge in [-0.15, -0.1) is 0 Å². The summed E-state index contributed by atoms with van der Waals surface area (Å²) in [5, 5.41) is 26.3. The van der Waals surface area contributed by atoms with Crippen LogP contribution in [0.4, 0.5) is 5.69 Å². The Hall–Kier alpha value is -4.76. The van der Waals surface area contributed by atoms with Gasteiger partial charge >= 0.3 is 17.9 Å². The van der Waals surface area contributed by atoms with E-state index in [-0.39, 0.29) is 12.3 Å². The highest BCUT2D eigenvalue weighted by Gasteiger charge is 2.81. The van der Waals surface area contributed by atoms with Crippen molar-refractivity contribution in [1.29, 1.82) is 0 Å². The number of rotatable bonds is 8. The first kappa shape index (κ1) is 40.6. The van der Waals surface area contributed by atoms with E-state index in [1.165, 1.54) is 33.2 Å². The summed E-state index contributed by atoms with van der Waals surface area (Å²) in [6.07, 6.45) is 5.83. The van der Waals surface area contributed by atoms with Crippen molar-refractivity contribution in [2.45, 2.75) is 99.5 Å². The third-order valence-corrected chi connectivity index (χ3v) is 15.5. The van der Waals surface area contributed by atoms with Gasteiger partial charge in [-0.2, -0.15) is 0 Å². The molecule has 6 heterocycles. The third-order valence-electron chi connectivity index (χ3n) is 15.5. The number of anilines is 1. The molecule has 2 saturated heterocycles. The van der Waals surface area contributed by atoms with Crippen LogP contribution in [0.5, 0.6) is 5.75 Å². The topological polar surface area (TPSA) is 171 Å². The lowest BCUT2D eigenvalue weighted by Gasteiger charge is -2.63. The molecule has 3 aromatic rings. The number of aliphatic hydroxyl groups is 2. The van der Waals surface area contributed by atoms with Crippen molar-refractivity contribution in [2.24, 2.45) is 11.3 Å². The minimum Gasteiger partial charge on any atom is -0.496 e. The van der Waals surface area contributed by atoms with Gasteiger partial charge in [-0.3, -0.25) is 24.2 Å². The molecule has 1 amide bonds. The van der Waals surface area contributed by atoms with Crippen molar-refractivity contribution >= 4 is 40.9 Å². The average Bonchev–Trinajstić information content (AvgIpc) is 3.92. The average molecular weight is 825 g/mol. The number of amides is 1. The summed E-state index contributed by atoms with van der Waals surface area (Å²) in [6, 6.07) is 9.97. The fraction of sp³-hybridized carbons (Fsp3) is 0.565. The van der Waals surface area contributed by atoms with Crippen molar-refractivity contribution in [3.8, 4) is 5.75 Å². The molecule has 320 valence electrons. The zero-order valence-electron chi connectivity index (χ0n) is 35.3. The van der Waals surface area contributed by atoms with Crippen molar-refractivity contribution in [3.05, 3.63) is 70.9 Å². The summed E-state index contributed by atoms with van der Waals surface area (Å²) in [6.45, 7) is 8.16. The molecule has 10 atom stereocenters. The van der Waals surface area contributed by atoms with Gasteiger partial charge in [0.1, 0.15) is 11.2 Å². The lowest BCUT2D eigenvalue weighted by Crippen LogP contribution is -2.81. The Balaban J connectivity index is 1.38. The first-order chi connectivity index (χ1) is 28.8. The number of carbonyl (C=O) groups is 4. The minimum absolute atomic E-state index is 0.155. The van der Waals surface area contributed by atoms with E-state index < -0.39 is 63.5 Å². The van der Waals surface area contributed by atoms with Gasteiger partial charge in [-0.05, 0) is 74.2 Å². The Morgan fingerprint density at radius 3 is 2.42 bits per heavy atom. The number of nitrogens with zero attached hydrogens (tertiary/aromatic N) is 3. The maximum absolute atomic E-state index is 15.3. The third kappa shape index (κ3) is 5.19. The summed E-state index contributed by atoms with van der Waals surface area (Å²) in [4.78, 5) is 66.1. The zero-order chi connectivity index (χ0) is 42.6. The van der Waals surface area contributed by atoms with Gasteiger partial charge in [-0.1, -0.05) is 44.2 Å². The van der Waals surface area contributed by atoms with E-state index in [2.05, 4.69) is 20.9 Å². The van der Waals surface area contributed by atoms with E-state index in [1.807, 2.05) is 50.3 Å². The van der Waals surface area contributed by atoms with E-state index in [4.69, 9.17) is 18.9 Å². The monoisotopic (exact) mass is 824 g/mol. The number of aromatic nitrogens is 1. The largest absolute Gasteiger partial charge is 0.496 e. The van der Waals surface area contributed by atoms with Crippen LogP contribution in [0.3, 0.4) is 0 Å². The van der Waals surface area contributed by atoms with Crippen LogP contribution >= 0.6 is 0 Å². The Morgan fingerprint density at radius 1 is 0.967 bits per heavy atom. The number of piperidine rings is 1. The number of ether oxygens (including phenoxy) is 4. The number of carbonyl (C=O) groups excluding carboxylic acids is 4. The highest BCUT2D eigenvalue weighted by atomic mass is 16.6. The van der Waals surface area contributed by atoms with Crippen molar-refractivity contribution in [2.75, 3.05) is 59.0 Å². The molecule has 9 rings (SSSR count). The molecule has 60 heavy (non-hydrogen) atoms. The van der Waals surface area contributed by atoms with E-state index >= 15 is 4.79 Å². The number of esters is 3. The number of aromatic amines is 1. The second kappa shape index (κ2) is 14.1. The summed E-state index contributed by atoms with van der Waals surface area (Å²) in [7, 11) is 4.09. The van der Waals surface area contributed by atoms with E-state index in [0.29, 0.717) is 99.5 Å². The summed E-state index contributed by atoms with van der Waals surface area (Å²) >= 11 is 0. The number of fused-ring (bicyclic) bond motifs is 6. The fourth-order valence-corrected chi connectivity index (χ4v) is 13.4. The van der Waals surface area contributed by atoms with Gasteiger partial charge in [0.05, 0.1) is 38.7 Å². The van der Waals surface area contributed by atoms with Crippen LogP contribution in [-0.2, 0) is 50.6 Å². The number of hydrogen-bond donors (Lipinski definition) is 3. The van der Waals surface area contributed by atoms with E-state index in [1.54, 1.807) is 6.07 Å². The maximum Gasteiger partial charge on any atom is 0.344 e. The summed E-state index contributed by atoms with van der Waals surface area (Å²) < 4.78 is 23.7. The predicted molar refractivity (Wildman–Crippen MR) is 221 cm³/mol. The molecule has 2 aromatic carbocycles. The highest BCUT2D eigenvalue weighted by molar-refractivity contribution is 5.96. The second-order valence-electron chi connectivity index (χ2n) is 18.1. The summed E-state index contributed by atoms with van der Waals surface area (Å²) in [5.74, 6) is -2.06. The molecule has 1 unspecified atom stereocenters. The Labute approximate surface area is 349 Å². The van der Waals surface area contributed by atoms with Crippen molar-refractivity contribution in [1.82, 2.24) is 14.8 Å². The predicted octanol–water partition coefficient (Wildman–Crippen LogP) is 3.52. The first-order valence-corrected chi connectivity index (χ1v) is 21.3. The van der Waals surface area contributed by atoms with Gasteiger partial charge in [0, 0.05) is 78.2 Å². The zero-order valence-corrected chi connectivity index (χ0v) is 35.3. The Kier molecular flexibility index (Phi) is 9.58. The number of benzene rings is 2. The van der Waals surface area contributed by atoms with Crippen LogP contribution in [0.25, 0.3) is 10.9 Å². The summed E-state index contributed by atoms with van der Waals surface area (Å²) in [5.41, 5.74) is -3.15. The van der Waals surface area contributed by atoms with Crippen LogP contribution in [0.15, 0.2) is 48.6 Å². The molecular weight excluding hydrogens is 769 g/mol. The van der Waals surface area contributed by atoms with Gasteiger partial charge in [-0.25, -0.2) is 4.79 Å². The van der Waals surface area contributed by atoms with Crippen LogP contribution < -0.4 is 9.64 Å². The van der Waals surface area contributed by atoms with Gasteiger partial charge in [0.15, 0.2) is 6.10 Å². The van der Waals surface area contributed by atoms with Crippen LogP contribution in [0.1, 0.15) is 75.3 Å². The molecule has 0 radical (unpaired) electrons. The number of H-pyrrole nitrogens is 1. The molecule has 5 aliphatic heterocycles. The van der Waals surface area contributed by atoms with Crippen LogP contribution in [0.2, 0.25) is 0 Å². The normalized spacial score (nSPS) is 36.5. The molecule has 1 spiro atoms. The Bertz CT molecular complexity index is 2310. The van der Waals surface area contributed by atoms with Crippen molar-refractivity contribution in [3.63, 3.8) is 0 Å². The van der Waals surface area contributed by atoms with Gasteiger partial charge in [0.25, 0.3) is 0 Å². The molecule has 2 bridgehead atoms. The molecular formula is C46H56N4O10. The number of hydrogen-bond acceptors (Lipinski definition) is 12. The standard InChI is InChI=1S/C46H56N4O10/c1-7-42(55)22-28-23-45(40(53)58-5,36-30(14-18-48(24-28)25-42)29-12-9-10-13-33(29)47-36)32-20-31-34(21-35(32)57-4)50(26-51)38-44(31)16-19-49-17-11-15-43(8-2,37(44)49)39(60-27(3)52)46(38,56)41(54)59-6/h9-13,15,20-21,26,28,37-39,47,55-56H,7-8,14,16-19,22-25H2,1-6H3/t28-,37-,38-,39-,42+,43-,44+,45+,46+/m1/s1. The quantitative estimate of drug-likeness (QED) is 0.131. The van der Waals surface area contributed by atoms with Crippen LogP contribution in [0, 0.1) is 11.3 Å². The smallest absolute Gasteiger partial charge is 0.344 e. The maximum atomic E-state index is 15.3. The van der Waals surface area contributed by atoms with E-state index in [0.717, 1.165) is 16.5 Å². The molecule has 3 fully saturated rings. The molecule has 14 nitrogen and oxygen atoms in total. The molecule has 6 aliphatic rings. The van der Waals surface area contributed by atoms with Crippen molar-refractivity contribution < 1.29 is 48.3 Å². The number of nitrogens with one attached hydrogen (secondary N) is 1. The SMILES string of the molecule is CC[C@]1(O)C[C@H]2CN(CCc3c([nH]c4ccccc34)[C@@](C(=O)OC)(c3cc4c(cc3OC)N(C=O)[C@H]3[C@@](O)(C(=O)OC)[C@H](OC(C)=O)[C@]5(CC)C=CCN6CC[C@@]43[C@H]65)C2)C1. The molecule has 1 aliphatic carbocycles. The Morgan fingerprint density at radius 2 is 1.73 bits per heavy atom. The van der Waals surface area contributed by atoms with E-state index in [9.17, 15) is 24.6 Å². The number of para-hydroxylation sites is 1. The molecule has 14 heteroatoms. The number of methoxy groups -OCH3 is 3. The highest BCUT2D eigenvalue weighted by Crippen LogP contribution is 2.68. The van der Waals surface area contributed by atoms with Gasteiger partial charge < -0.3 is 39.0 Å². The lowest BCUT2D eigenvalue weighted by molar-refractivity contribution is -0.228. The lowest BCUT2D eigenvalue weighted by atomic mass is 9.47. The molecule has 3 N–H and O–H groups in total. The second-order valence-corrected chi connectivity index (χ2v) is 18.1.